The zero-order chi connectivity index (χ0) is 17.3. The zero-order valence-electron chi connectivity index (χ0n) is 14.6. The molecule has 1 aromatic carbocycles. The van der Waals surface area contributed by atoms with Gasteiger partial charge in [0.15, 0.2) is 5.78 Å². The van der Waals surface area contributed by atoms with E-state index in [1.54, 1.807) is 19.9 Å². The number of carbonyl (C=O) groups excluding carboxylic acids is 1. The summed E-state index contributed by atoms with van der Waals surface area (Å²) in [5.74, 6) is 0.779. The third-order valence-electron chi connectivity index (χ3n) is 4.14. The molecular formula is C20H26O3. The number of allylic oxidation sites excluding steroid dienone is 4. The molecule has 3 heteroatoms. The number of aliphatic hydroxyl groups is 1. The molecule has 0 spiro atoms. The lowest BCUT2D eigenvalue weighted by molar-refractivity contribution is 0.0285. The van der Waals surface area contributed by atoms with Crippen LogP contribution in [0.15, 0.2) is 36.4 Å². The van der Waals surface area contributed by atoms with Gasteiger partial charge in [-0.15, -0.1) is 0 Å². The van der Waals surface area contributed by atoms with Gasteiger partial charge in [0.05, 0.1) is 11.0 Å². The van der Waals surface area contributed by atoms with Crippen molar-refractivity contribution in [2.24, 2.45) is 5.41 Å². The minimum Gasteiger partial charge on any atom is -0.491 e. The molecule has 0 amide bonds. The smallest absolute Gasteiger partial charge is 0.174 e. The number of ether oxygens (including phenoxy) is 1. The summed E-state index contributed by atoms with van der Waals surface area (Å²) in [6.07, 6.45) is 6.83. The van der Waals surface area contributed by atoms with E-state index in [4.69, 9.17) is 4.74 Å². The van der Waals surface area contributed by atoms with Crippen molar-refractivity contribution in [2.45, 2.75) is 46.6 Å². The minimum absolute atomic E-state index is 0.154. The molecule has 2 aliphatic rings. The van der Waals surface area contributed by atoms with Gasteiger partial charge < -0.3 is 9.84 Å². The van der Waals surface area contributed by atoms with Crippen LogP contribution in [0.5, 0.6) is 5.75 Å². The first-order valence-corrected chi connectivity index (χ1v) is 8.23. The Balaban J connectivity index is 0.000000924. The first-order chi connectivity index (χ1) is 10.8. The number of Topliss-reactive ketones (excluding diaryl/α,β-unsaturated/α-hetero) is 1. The van der Waals surface area contributed by atoms with Crippen LogP contribution >= 0.6 is 0 Å². The van der Waals surface area contributed by atoms with Crippen LogP contribution in [0.4, 0.5) is 0 Å². The van der Waals surface area contributed by atoms with Crippen molar-refractivity contribution in [3.05, 3.63) is 47.6 Å². The van der Waals surface area contributed by atoms with Gasteiger partial charge in [-0.25, -0.2) is 0 Å². The third kappa shape index (κ3) is 3.25. The largest absolute Gasteiger partial charge is 0.491 e. The Morgan fingerprint density at radius 3 is 2.61 bits per heavy atom. The van der Waals surface area contributed by atoms with Gasteiger partial charge >= 0.3 is 0 Å². The van der Waals surface area contributed by atoms with Gasteiger partial charge in [0, 0.05) is 5.56 Å². The van der Waals surface area contributed by atoms with Gasteiger partial charge in [-0.2, -0.15) is 0 Å². The SMILES string of the molecule is CC.CC(C)(O)COc1ccc2c(c1)C(=O)C1(C)CC=CC=C21. The Morgan fingerprint density at radius 2 is 1.96 bits per heavy atom. The number of hydrogen-bond acceptors (Lipinski definition) is 3. The van der Waals surface area contributed by atoms with Crippen molar-refractivity contribution in [1.29, 1.82) is 0 Å². The van der Waals surface area contributed by atoms with Crippen molar-refractivity contribution in [3.8, 4) is 5.75 Å². The molecule has 0 heterocycles. The van der Waals surface area contributed by atoms with E-state index in [0.717, 1.165) is 23.1 Å². The number of carbonyl (C=O) groups is 1. The van der Waals surface area contributed by atoms with Crippen LogP contribution in [0.3, 0.4) is 0 Å². The molecule has 3 nitrogen and oxygen atoms in total. The highest BCUT2D eigenvalue weighted by atomic mass is 16.5. The normalized spacial score (nSPS) is 21.8. The molecule has 1 N–H and O–H groups in total. The minimum atomic E-state index is -0.893. The summed E-state index contributed by atoms with van der Waals surface area (Å²) in [6, 6.07) is 5.61. The maximum Gasteiger partial charge on any atom is 0.174 e. The summed E-state index contributed by atoms with van der Waals surface area (Å²) >= 11 is 0. The Labute approximate surface area is 138 Å². The van der Waals surface area contributed by atoms with Crippen LogP contribution in [0.1, 0.15) is 57.0 Å². The van der Waals surface area contributed by atoms with Crippen molar-refractivity contribution >= 4 is 11.4 Å². The van der Waals surface area contributed by atoms with Crippen molar-refractivity contribution in [1.82, 2.24) is 0 Å². The lowest BCUT2D eigenvalue weighted by Crippen LogP contribution is -2.27. The first kappa shape index (κ1) is 17.5. The summed E-state index contributed by atoms with van der Waals surface area (Å²) in [7, 11) is 0. The predicted octanol–water partition coefficient (Wildman–Crippen LogP) is 4.41. The van der Waals surface area contributed by atoms with Crippen LogP contribution in [0.25, 0.3) is 5.57 Å². The highest BCUT2D eigenvalue weighted by molar-refractivity contribution is 6.17. The molecule has 1 atom stereocenters. The number of ketones is 1. The molecule has 1 unspecified atom stereocenters. The standard InChI is InChI=1S/C18H20O3.C2H6/c1-17(2,20)11-21-12-7-8-13-14(10-12)16(19)18(3)9-5-4-6-15(13)18;1-2/h4-8,10,20H,9,11H2,1-3H3;1-2H3. The zero-order valence-corrected chi connectivity index (χ0v) is 14.6. The molecule has 0 bridgehead atoms. The van der Waals surface area contributed by atoms with E-state index in [2.05, 4.69) is 0 Å². The number of benzene rings is 1. The Bertz CT molecular complexity index is 662. The lowest BCUT2D eigenvalue weighted by atomic mass is 9.76. The fourth-order valence-corrected chi connectivity index (χ4v) is 2.96. The van der Waals surface area contributed by atoms with Crippen molar-refractivity contribution in [3.63, 3.8) is 0 Å². The molecule has 0 aliphatic heterocycles. The highest BCUT2D eigenvalue weighted by Gasteiger charge is 2.45. The van der Waals surface area contributed by atoms with Gasteiger partial charge in [-0.1, -0.05) is 38.1 Å². The van der Waals surface area contributed by atoms with Crippen LogP contribution in [0.2, 0.25) is 0 Å². The number of hydrogen-bond donors (Lipinski definition) is 1. The molecule has 0 saturated heterocycles. The number of rotatable bonds is 3. The molecular weight excluding hydrogens is 288 g/mol. The van der Waals surface area contributed by atoms with Crippen LogP contribution in [0, 0.1) is 5.41 Å². The molecule has 0 radical (unpaired) electrons. The summed E-state index contributed by atoms with van der Waals surface area (Å²) in [5.41, 5.74) is 1.49. The quantitative estimate of drug-likeness (QED) is 0.899. The Morgan fingerprint density at radius 1 is 1.26 bits per heavy atom. The molecule has 23 heavy (non-hydrogen) atoms. The maximum atomic E-state index is 12.7. The molecule has 124 valence electrons. The van der Waals surface area contributed by atoms with E-state index in [9.17, 15) is 9.90 Å². The molecule has 3 rings (SSSR count). The van der Waals surface area contributed by atoms with Crippen molar-refractivity contribution < 1.29 is 14.6 Å². The fourth-order valence-electron chi connectivity index (χ4n) is 2.96. The van der Waals surface area contributed by atoms with Gasteiger partial charge in [-0.05, 0) is 50.5 Å². The average Bonchev–Trinajstić information content (AvgIpc) is 2.75. The average molecular weight is 314 g/mol. The van der Waals surface area contributed by atoms with Crippen LogP contribution in [-0.2, 0) is 0 Å². The molecule has 0 aromatic heterocycles. The van der Waals surface area contributed by atoms with E-state index in [-0.39, 0.29) is 12.4 Å². The van der Waals surface area contributed by atoms with Gasteiger partial charge in [0.2, 0.25) is 0 Å². The summed E-state index contributed by atoms with van der Waals surface area (Å²) < 4.78 is 5.59. The Hall–Kier alpha value is -1.87. The lowest BCUT2D eigenvalue weighted by Gasteiger charge is -2.25. The summed E-state index contributed by atoms with van der Waals surface area (Å²) in [6.45, 7) is 9.58. The molecule has 0 fully saturated rings. The summed E-state index contributed by atoms with van der Waals surface area (Å²) in [5, 5.41) is 9.72. The fraction of sp³-hybridized carbons (Fsp3) is 0.450. The summed E-state index contributed by atoms with van der Waals surface area (Å²) in [4.78, 5) is 12.7. The van der Waals surface area contributed by atoms with Crippen molar-refractivity contribution in [2.75, 3.05) is 6.61 Å². The van der Waals surface area contributed by atoms with E-state index < -0.39 is 11.0 Å². The molecule has 2 aliphatic carbocycles. The van der Waals surface area contributed by atoms with Crippen LogP contribution < -0.4 is 4.74 Å². The predicted molar refractivity (Wildman–Crippen MR) is 93.8 cm³/mol. The Kier molecular flexibility index (Phi) is 4.81. The van der Waals surface area contributed by atoms with E-state index in [1.165, 1.54) is 0 Å². The first-order valence-electron chi connectivity index (χ1n) is 8.23. The van der Waals surface area contributed by atoms with E-state index in [1.807, 2.05) is 51.1 Å². The van der Waals surface area contributed by atoms with E-state index >= 15 is 0 Å². The second-order valence-electron chi connectivity index (χ2n) is 6.68. The monoisotopic (exact) mass is 314 g/mol. The van der Waals surface area contributed by atoms with Gasteiger partial charge in [0.25, 0.3) is 0 Å². The van der Waals surface area contributed by atoms with Crippen LogP contribution in [-0.4, -0.2) is 23.1 Å². The second-order valence-corrected chi connectivity index (χ2v) is 6.68. The molecule has 1 aromatic rings. The second kappa shape index (κ2) is 6.32. The maximum absolute atomic E-state index is 12.7. The van der Waals surface area contributed by atoms with E-state index in [0.29, 0.717) is 5.75 Å². The molecule has 0 saturated carbocycles. The van der Waals surface area contributed by atoms with Gasteiger partial charge in [-0.3, -0.25) is 4.79 Å². The topological polar surface area (TPSA) is 46.5 Å². The highest BCUT2D eigenvalue weighted by Crippen LogP contribution is 2.50. The third-order valence-corrected chi connectivity index (χ3v) is 4.14. The number of fused-ring (bicyclic) bond motifs is 3. The van der Waals surface area contributed by atoms with Gasteiger partial charge in [0.1, 0.15) is 12.4 Å².